The zero-order chi connectivity index (χ0) is 24.5. The number of carbonyl (C=O) groups is 1. The Morgan fingerprint density at radius 3 is 2.32 bits per heavy atom. The number of hydrogen-bond acceptors (Lipinski definition) is 5. The van der Waals surface area contributed by atoms with Gasteiger partial charge < -0.3 is 9.47 Å². The molecule has 1 saturated heterocycles. The lowest BCUT2D eigenvalue weighted by Crippen LogP contribution is -2.49. The third-order valence-corrected chi connectivity index (χ3v) is 8.68. The molecule has 34 heavy (non-hydrogen) atoms. The van der Waals surface area contributed by atoms with Crippen molar-refractivity contribution in [2.45, 2.75) is 38.6 Å². The van der Waals surface area contributed by atoms with Crippen molar-refractivity contribution in [2.75, 3.05) is 38.5 Å². The summed E-state index contributed by atoms with van der Waals surface area (Å²) in [4.78, 5) is 21.6. The molecule has 1 amide bonds. The van der Waals surface area contributed by atoms with Crippen LogP contribution in [0.1, 0.15) is 23.6 Å². The first kappa shape index (κ1) is 24.7. The van der Waals surface area contributed by atoms with Gasteiger partial charge in [0.25, 0.3) is 0 Å². The van der Waals surface area contributed by atoms with Crippen LogP contribution in [0.4, 0.5) is 0 Å². The summed E-state index contributed by atoms with van der Waals surface area (Å²) in [6, 6.07) is 10.3. The summed E-state index contributed by atoms with van der Waals surface area (Å²) in [5.74, 6) is 0.733. The number of piperazine rings is 1. The van der Waals surface area contributed by atoms with Crippen molar-refractivity contribution >= 4 is 38.1 Å². The molecule has 0 unspecified atom stereocenters. The number of aromatic nitrogens is 2. The van der Waals surface area contributed by atoms with Crippen molar-refractivity contribution in [3.8, 4) is 0 Å². The minimum Gasteiger partial charge on any atom is -0.340 e. The summed E-state index contributed by atoms with van der Waals surface area (Å²) in [6.45, 7) is 10.7. The fourth-order valence-electron chi connectivity index (χ4n) is 4.50. The van der Waals surface area contributed by atoms with Gasteiger partial charge in [-0.15, -0.1) is 0 Å². The van der Waals surface area contributed by atoms with E-state index in [-0.39, 0.29) is 23.0 Å². The lowest BCUT2D eigenvalue weighted by molar-refractivity contribution is -0.132. The zero-order valence-corrected chi connectivity index (χ0v) is 21.5. The molecular formula is C25H31ClN4O3S. The Labute approximate surface area is 206 Å². The summed E-state index contributed by atoms with van der Waals surface area (Å²) in [5.41, 5.74) is 2.26. The van der Waals surface area contributed by atoms with Gasteiger partial charge >= 0.3 is 0 Å². The van der Waals surface area contributed by atoms with Crippen LogP contribution in [0.25, 0.3) is 10.8 Å². The Kier molecular flexibility index (Phi) is 7.31. The van der Waals surface area contributed by atoms with Gasteiger partial charge in [-0.1, -0.05) is 23.7 Å². The molecule has 3 aromatic rings. The molecule has 0 atom stereocenters. The van der Waals surface area contributed by atoms with Crippen LogP contribution in [-0.4, -0.2) is 72.2 Å². The summed E-state index contributed by atoms with van der Waals surface area (Å²) in [5, 5.41) is 2.30. The molecule has 0 aliphatic carbocycles. The molecule has 1 aliphatic heterocycles. The van der Waals surface area contributed by atoms with Crippen molar-refractivity contribution in [3.63, 3.8) is 0 Å². The van der Waals surface area contributed by atoms with E-state index in [1.54, 1.807) is 41.3 Å². The minimum absolute atomic E-state index is 0.00626. The fraction of sp³-hybridized carbons (Fsp3) is 0.440. The number of amides is 1. The van der Waals surface area contributed by atoms with Crippen LogP contribution in [0.3, 0.4) is 0 Å². The van der Waals surface area contributed by atoms with Gasteiger partial charge in [0.2, 0.25) is 5.91 Å². The number of hydrogen-bond donors (Lipinski definition) is 0. The van der Waals surface area contributed by atoms with Crippen molar-refractivity contribution < 1.29 is 13.2 Å². The molecule has 4 rings (SSSR count). The van der Waals surface area contributed by atoms with Gasteiger partial charge in [-0.3, -0.25) is 9.69 Å². The number of benzene rings is 2. The van der Waals surface area contributed by atoms with Crippen LogP contribution in [-0.2, 0) is 21.2 Å². The summed E-state index contributed by atoms with van der Waals surface area (Å²) in [7, 11) is -3.55. The predicted octanol–water partition coefficient (Wildman–Crippen LogP) is 3.62. The third-order valence-electron chi connectivity index (χ3n) is 6.73. The van der Waals surface area contributed by atoms with Crippen LogP contribution < -0.4 is 0 Å². The second-order valence-electron chi connectivity index (χ2n) is 8.93. The number of aryl methyl sites for hydroxylation is 2. The molecule has 1 aliphatic rings. The molecule has 1 aromatic heterocycles. The maximum Gasteiger partial charge on any atom is 0.223 e. The van der Waals surface area contributed by atoms with Gasteiger partial charge in [0.15, 0.2) is 9.84 Å². The van der Waals surface area contributed by atoms with E-state index in [0.29, 0.717) is 18.1 Å². The smallest absolute Gasteiger partial charge is 0.223 e. The minimum atomic E-state index is -3.55. The average molecular weight is 503 g/mol. The highest BCUT2D eigenvalue weighted by Gasteiger charge is 2.24. The first-order valence-corrected chi connectivity index (χ1v) is 13.6. The van der Waals surface area contributed by atoms with Gasteiger partial charge in [0, 0.05) is 56.4 Å². The molecule has 9 heteroatoms. The van der Waals surface area contributed by atoms with E-state index in [2.05, 4.69) is 21.4 Å². The first-order valence-electron chi connectivity index (χ1n) is 11.6. The maximum absolute atomic E-state index is 12.8. The molecule has 0 N–H and O–H groups in total. The highest BCUT2D eigenvalue weighted by Crippen LogP contribution is 2.23. The lowest BCUT2D eigenvalue weighted by Gasteiger charge is -2.35. The Bertz CT molecular complexity index is 1310. The number of rotatable bonds is 7. The summed E-state index contributed by atoms with van der Waals surface area (Å²) in [6.07, 6.45) is -0.00626. The maximum atomic E-state index is 12.8. The van der Waals surface area contributed by atoms with E-state index in [1.165, 1.54) is 5.69 Å². The van der Waals surface area contributed by atoms with Crippen LogP contribution >= 0.6 is 11.6 Å². The number of imidazole rings is 1. The van der Waals surface area contributed by atoms with Crippen LogP contribution in [0.5, 0.6) is 0 Å². The van der Waals surface area contributed by atoms with E-state index in [9.17, 15) is 13.2 Å². The molecule has 1 fully saturated rings. The molecule has 2 heterocycles. The highest BCUT2D eigenvalue weighted by atomic mass is 35.5. The van der Waals surface area contributed by atoms with Crippen LogP contribution in [0.15, 0.2) is 41.3 Å². The van der Waals surface area contributed by atoms with Crippen LogP contribution in [0, 0.1) is 20.8 Å². The van der Waals surface area contributed by atoms with E-state index >= 15 is 0 Å². The molecule has 0 saturated carbocycles. The molecule has 182 valence electrons. The van der Waals surface area contributed by atoms with E-state index in [1.807, 2.05) is 13.8 Å². The molecule has 7 nitrogen and oxygen atoms in total. The monoisotopic (exact) mass is 502 g/mol. The number of halogens is 1. The van der Waals surface area contributed by atoms with E-state index in [4.69, 9.17) is 11.6 Å². The zero-order valence-electron chi connectivity index (χ0n) is 19.9. The molecule has 2 aromatic carbocycles. The van der Waals surface area contributed by atoms with E-state index in [0.717, 1.165) is 48.5 Å². The second kappa shape index (κ2) is 10.1. The number of nitrogens with zero attached hydrogens (tertiary/aromatic N) is 4. The molecule has 0 bridgehead atoms. The Morgan fingerprint density at radius 1 is 0.971 bits per heavy atom. The van der Waals surface area contributed by atoms with Crippen molar-refractivity contribution in [3.05, 3.63) is 58.6 Å². The molecule has 0 spiro atoms. The van der Waals surface area contributed by atoms with Gasteiger partial charge in [0.1, 0.15) is 5.82 Å². The quantitative estimate of drug-likeness (QED) is 0.493. The number of carbonyl (C=O) groups excluding carboxylic acids is 1. The van der Waals surface area contributed by atoms with Gasteiger partial charge in [-0.25, -0.2) is 13.4 Å². The summed E-state index contributed by atoms with van der Waals surface area (Å²) < 4.78 is 27.9. The Hall–Kier alpha value is -2.42. The normalized spacial score (nSPS) is 15.2. The fourth-order valence-corrected chi connectivity index (χ4v) is 5.94. The van der Waals surface area contributed by atoms with Crippen LogP contribution in [0.2, 0.25) is 5.02 Å². The van der Waals surface area contributed by atoms with Gasteiger partial charge in [-0.05, 0) is 55.8 Å². The highest BCUT2D eigenvalue weighted by molar-refractivity contribution is 7.91. The Balaban J connectivity index is 1.28. The number of sulfone groups is 1. The lowest BCUT2D eigenvalue weighted by atomic mass is 10.1. The average Bonchev–Trinajstić information content (AvgIpc) is 3.06. The molecule has 0 radical (unpaired) electrons. The van der Waals surface area contributed by atoms with Gasteiger partial charge in [-0.2, -0.15) is 0 Å². The SMILES string of the molecule is Cc1nc(C)n(CCN2CCN(C(=O)CCS(=O)(=O)c3ccc4cc(Cl)ccc4c3)CC2)c1C. The second-order valence-corrected chi connectivity index (χ2v) is 11.5. The molecular weight excluding hydrogens is 472 g/mol. The standard InChI is InChI=1S/C25H31ClN4O3S/c1-18-19(2)30(20(3)27-18)14-11-28-9-12-29(13-10-28)25(31)8-15-34(32,33)24-7-5-21-16-23(26)6-4-22(21)17-24/h4-7,16-17H,8-15H2,1-3H3. The number of fused-ring (bicyclic) bond motifs is 1. The van der Waals surface area contributed by atoms with Crippen molar-refractivity contribution in [1.29, 1.82) is 0 Å². The predicted molar refractivity (Wildman–Crippen MR) is 135 cm³/mol. The van der Waals surface area contributed by atoms with Crippen molar-refractivity contribution in [2.24, 2.45) is 0 Å². The van der Waals surface area contributed by atoms with Crippen molar-refractivity contribution in [1.82, 2.24) is 19.4 Å². The summed E-state index contributed by atoms with van der Waals surface area (Å²) >= 11 is 6.01. The largest absolute Gasteiger partial charge is 0.340 e. The van der Waals surface area contributed by atoms with E-state index < -0.39 is 9.84 Å². The topological polar surface area (TPSA) is 75.5 Å². The third kappa shape index (κ3) is 5.45. The first-order chi connectivity index (χ1) is 16.1. The Morgan fingerprint density at radius 2 is 1.65 bits per heavy atom. The van der Waals surface area contributed by atoms with Gasteiger partial charge in [0.05, 0.1) is 16.3 Å².